The summed E-state index contributed by atoms with van der Waals surface area (Å²) in [7, 11) is 2.05. The minimum absolute atomic E-state index is 0.112. The zero-order chi connectivity index (χ0) is 31.2. The second-order valence-electron chi connectivity index (χ2n) is 11.3. The molecule has 0 radical (unpaired) electrons. The summed E-state index contributed by atoms with van der Waals surface area (Å²) in [4.78, 5) is 23.5. The van der Waals surface area contributed by atoms with Crippen molar-refractivity contribution in [1.82, 2.24) is 4.90 Å². The van der Waals surface area contributed by atoms with E-state index in [2.05, 4.69) is 68.4 Å². The van der Waals surface area contributed by atoms with Gasteiger partial charge in [-0.2, -0.15) is 0 Å². The first kappa shape index (κ1) is 34.3. The monoisotopic (exact) mass is 573 g/mol. The molecular weight excluding hydrogens is 525 g/mol. The van der Waals surface area contributed by atoms with Crippen molar-refractivity contribution in [3.05, 3.63) is 113 Å². The molecular formula is C36H48FN3O2. The Morgan fingerprint density at radius 2 is 1.60 bits per heavy atom. The summed E-state index contributed by atoms with van der Waals surface area (Å²) in [5, 5.41) is 0. The van der Waals surface area contributed by atoms with Crippen LogP contribution in [0.15, 0.2) is 90.2 Å². The highest BCUT2D eigenvalue weighted by atomic mass is 19.1. The molecule has 4 rings (SSSR count). The maximum Gasteiger partial charge on any atom is 0.251 e. The maximum absolute atomic E-state index is 13.3. The molecule has 4 N–H and O–H groups in total. The number of hydrogen-bond donors (Lipinski definition) is 2. The van der Waals surface area contributed by atoms with Crippen molar-refractivity contribution >= 4 is 17.9 Å². The Kier molecular flexibility index (Phi) is 14.0. The van der Waals surface area contributed by atoms with E-state index in [0.29, 0.717) is 17.4 Å². The van der Waals surface area contributed by atoms with Crippen LogP contribution >= 0.6 is 0 Å². The van der Waals surface area contributed by atoms with Gasteiger partial charge in [-0.15, -0.1) is 0 Å². The standard InChI is InChI=1S/C31H37FN2O.C4H8.CH3NO/c1-20(2)17-29-30(31(33)35)28(25-10-5-23(6-11-25)18-21(3)24-12-13-24)19-27(34(29)4)16-9-22-7-14-26(32)15-8-22;1-3-4-2;2-1-3/h5-8,10-11,14-15,19-20,24,27H,3,9,12-13,16-18H2,1-2,4H3,(H2,33,35);3-4H,1-2H3;1H,(H2,2,3)/b;4-3-;. The van der Waals surface area contributed by atoms with Gasteiger partial charge in [0, 0.05) is 18.8 Å². The highest BCUT2D eigenvalue weighted by Crippen LogP contribution is 2.38. The number of halogens is 1. The first-order chi connectivity index (χ1) is 20.1. The number of rotatable bonds is 10. The van der Waals surface area contributed by atoms with Gasteiger partial charge in [0.05, 0.1) is 5.57 Å². The lowest BCUT2D eigenvalue weighted by Gasteiger charge is -2.37. The number of carbonyl (C=O) groups excluding carboxylic acids is 2. The van der Waals surface area contributed by atoms with Crippen molar-refractivity contribution in [3.63, 3.8) is 0 Å². The van der Waals surface area contributed by atoms with Crippen molar-refractivity contribution in [3.8, 4) is 0 Å². The smallest absolute Gasteiger partial charge is 0.251 e. The van der Waals surface area contributed by atoms with Gasteiger partial charge in [0.2, 0.25) is 6.41 Å². The summed E-state index contributed by atoms with van der Waals surface area (Å²) in [6.45, 7) is 12.6. The predicted octanol–water partition coefficient (Wildman–Crippen LogP) is 7.13. The van der Waals surface area contributed by atoms with Gasteiger partial charge in [0.1, 0.15) is 5.82 Å². The summed E-state index contributed by atoms with van der Waals surface area (Å²) in [6.07, 6.45) is 12.3. The SMILES string of the molecule is C/C=C\C.C=C(Cc1ccc(C2=CC(CCc3ccc(F)cc3)N(C)C(CC(C)C)=C2C(N)=O)cc1)C1CC1.NC=O. The Balaban J connectivity index is 0.000000797. The van der Waals surface area contributed by atoms with E-state index in [-0.39, 0.29) is 24.2 Å². The van der Waals surface area contributed by atoms with E-state index in [1.54, 1.807) is 0 Å². The molecule has 1 atom stereocenters. The topological polar surface area (TPSA) is 89.4 Å². The first-order valence-corrected chi connectivity index (χ1v) is 14.8. The van der Waals surface area contributed by atoms with Gasteiger partial charge in [-0.1, -0.05) is 80.6 Å². The number of likely N-dealkylation sites (N-methyl/N-ethyl adjacent to an activating group) is 1. The van der Waals surface area contributed by atoms with E-state index >= 15 is 0 Å². The van der Waals surface area contributed by atoms with E-state index in [1.165, 1.54) is 36.1 Å². The molecule has 42 heavy (non-hydrogen) atoms. The number of nitrogens with zero attached hydrogens (tertiary/aromatic N) is 1. The normalized spacial score (nSPS) is 16.3. The molecule has 1 aliphatic heterocycles. The van der Waals surface area contributed by atoms with Crippen molar-refractivity contribution in [1.29, 1.82) is 0 Å². The van der Waals surface area contributed by atoms with E-state index < -0.39 is 0 Å². The Morgan fingerprint density at radius 3 is 2.07 bits per heavy atom. The highest BCUT2D eigenvalue weighted by molar-refractivity contribution is 6.09. The van der Waals surface area contributed by atoms with Crippen LogP contribution in [0.4, 0.5) is 4.39 Å². The molecule has 1 saturated carbocycles. The van der Waals surface area contributed by atoms with Crippen LogP contribution in [0.1, 0.15) is 70.1 Å². The van der Waals surface area contributed by atoms with Crippen LogP contribution in [-0.4, -0.2) is 30.3 Å². The van der Waals surface area contributed by atoms with Crippen LogP contribution in [0.5, 0.6) is 0 Å². The zero-order valence-corrected chi connectivity index (χ0v) is 25.9. The van der Waals surface area contributed by atoms with Crippen LogP contribution in [0.2, 0.25) is 0 Å². The summed E-state index contributed by atoms with van der Waals surface area (Å²) >= 11 is 0. The molecule has 2 aromatic rings. The Bertz CT molecular complexity index is 1270. The van der Waals surface area contributed by atoms with Gasteiger partial charge in [-0.25, -0.2) is 4.39 Å². The van der Waals surface area contributed by atoms with Crippen molar-refractivity contribution in [2.45, 2.75) is 72.3 Å². The molecule has 0 spiro atoms. The number of amides is 2. The molecule has 1 fully saturated rings. The van der Waals surface area contributed by atoms with Crippen molar-refractivity contribution in [2.24, 2.45) is 23.3 Å². The lowest BCUT2D eigenvalue weighted by Crippen LogP contribution is -2.37. The molecule has 1 unspecified atom stereocenters. The maximum atomic E-state index is 13.3. The van der Waals surface area contributed by atoms with Gasteiger partial charge in [-0.3, -0.25) is 9.59 Å². The quantitative estimate of drug-likeness (QED) is 0.234. The largest absolute Gasteiger partial charge is 0.372 e. The predicted molar refractivity (Wildman–Crippen MR) is 173 cm³/mol. The van der Waals surface area contributed by atoms with Crippen LogP contribution in [0.3, 0.4) is 0 Å². The molecule has 2 amide bonds. The zero-order valence-electron chi connectivity index (χ0n) is 25.9. The molecule has 1 heterocycles. The van der Waals surface area contributed by atoms with E-state index in [4.69, 9.17) is 10.5 Å². The lowest BCUT2D eigenvalue weighted by atomic mass is 9.85. The minimum atomic E-state index is -0.387. The number of hydrogen-bond acceptors (Lipinski definition) is 3. The third-order valence-corrected chi connectivity index (χ3v) is 7.51. The molecule has 226 valence electrons. The Morgan fingerprint density at radius 1 is 1.05 bits per heavy atom. The van der Waals surface area contributed by atoms with Crippen molar-refractivity contribution < 1.29 is 14.0 Å². The number of carbonyl (C=O) groups is 2. The highest BCUT2D eigenvalue weighted by Gasteiger charge is 2.30. The fraction of sp³-hybridized carbons (Fsp3) is 0.389. The molecule has 2 aromatic carbocycles. The first-order valence-electron chi connectivity index (χ1n) is 14.8. The van der Waals surface area contributed by atoms with Crippen molar-refractivity contribution in [2.75, 3.05) is 7.05 Å². The summed E-state index contributed by atoms with van der Waals surface area (Å²) in [6, 6.07) is 15.3. The lowest BCUT2D eigenvalue weighted by molar-refractivity contribution is -0.114. The number of nitrogens with two attached hydrogens (primary N) is 2. The van der Waals surface area contributed by atoms with Gasteiger partial charge in [0.25, 0.3) is 5.91 Å². The summed E-state index contributed by atoms with van der Waals surface area (Å²) in [5.74, 6) is 0.468. The fourth-order valence-corrected chi connectivity index (χ4v) is 5.01. The van der Waals surface area contributed by atoms with Crippen LogP contribution in [0.25, 0.3) is 5.57 Å². The van der Waals surface area contributed by atoms with E-state index in [1.807, 2.05) is 38.1 Å². The molecule has 5 nitrogen and oxygen atoms in total. The minimum Gasteiger partial charge on any atom is -0.372 e. The molecule has 1 aliphatic carbocycles. The molecule has 2 aliphatic rings. The number of aryl methyl sites for hydroxylation is 1. The number of allylic oxidation sites excluding steroid dienone is 4. The fourth-order valence-electron chi connectivity index (χ4n) is 5.01. The Labute approximate surface area is 251 Å². The van der Waals surface area contributed by atoms with Gasteiger partial charge >= 0.3 is 0 Å². The van der Waals surface area contributed by atoms with Gasteiger partial charge in [0.15, 0.2) is 0 Å². The number of benzene rings is 2. The summed E-state index contributed by atoms with van der Waals surface area (Å²) < 4.78 is 13.3. The average Bonchev–Trinajstić information content (AvgIpc) is 3.81. The summed E-state index contributed by atoms with van der Waals surface area (Å²) in [5.41, 5.74) is 17.4. The van der Waals surface area contributed by atoms with E-state index in [0.717, 1.165) is 48.1 Å². The van der Waals surface area contributed by atoms with Gasteiger partial charge in [-0.05, 0) is 98.6 Å². The molecule has 0 bridgehead atoms. The molecule has 0 aromatic heterocycles. The van der Waals surface area contributed by atoms with Crippen LogP contribution < -0.4 is 11.5 Å². The molecule has 6 heteroatoms. The van der Waals surface area contributed by atoms with E-state index in [9.17, 15) is 9.18 Å². The van der Waals surface area contributed by atoms with Crippen LogP contribution in [0, 0.1) is 17.7 Å². The van der Waals surface area contributed by atoms with Crippen LogP contribution in [-0.2, 0) is 22.4 Å². The third kappa shape index (κ3) is 10.5. The average molecular weight is 574 g/mol. The third-order valence-electron chi connectivity index (χ3n) is 7.51. The second kappa shape index (κ2) is 17.1. The second-order valence-corrected chi connectivity index (χ2v) is 11.3. The Hall–Kier alpha value is -3.93. The number of primary amides is 2. The van der Waals surface area contributed by atoms with Gasteiger partial charge < -0.3 is 16.4 Å². The molecule has 0 saturated heterocycles.